The van der Waals surface area contributed by atoms with Crippen molar-refractivity contribution in [3.63, 3.8) is 0 Å². The molecule has 1 rings (SSSR count). The predicted molar refractivity (Wildman–Crippen MR) is 52.9 cm³/mol. The Balaban J connectivity index is 2.42. The van der Waals surface area contributed by atoms with Crippen LogP contribution in [0.4, 0.5) is 0 Å². The van der Waals surface area contributed by atoms with E-state index in [0.717, 1.165) is 19.8 Å². The zero-order valence-corrected chi connectivity index (χ0v) is 8.88. The summed E-state index contributed by atoms with van der Waals surface area (Å²) >= 11 is 0. The van der Waals surface area contributed by atoms with Crippen LogP contribution < -0.4 is 5.32 Å². The van der Waals surface area contributed by atoms with Crippen molar-refractivity contribution in [2.45, 2.75) is 32.4 Å². The van der Waals surface area contributed by atoms with Crippen LogP contribution in [0.2, 0.25) is 0 Å². The molecule has 1 N–H and O–H groups in total. The molecule has 1 aliphatic rings. The third-order valence-electron chi connectivity index (χ3n) is 2.65. The second-order valence-corrected chi connectivity index (χ2v) is 3.72. The van der Waals surface area contributed by atoms with E-state index in [1.165, 1.54) is 6.42 Å². The molecule has 0 aromatic heterocycles. The molecule has 0 spiro atoms. The standard InChI is InChI=1S/C10H21NO2/c1-4-11-9(7-12-3)10-8(2)5-6-13-10/h8-11H,4-7H2,1-3H3. The van der Waals surface area contributed by atoms with Gasteiger partial charge in [-0.1, -0.05) is 13.8 Å². The molecular formula is C10H21NO2. The van der Waals surface area contributed by atoms with Gasteiger partial charge in [-0.25, -0.2) is 0 Å². The first-order valence-electron chi connectivity index (χ1n) is 5.13. The molecule has 3 heteroatoms. The van der Waals surface area contributed by atoms with Gasteiger partial charge in [0.2, 0.25) is 0 Å². The lowest BCUT2D eigenvalue weighted by Gasteiger charge is -2.26. The first kappa shape index (κ1) is 11.0. The summed E-state index contributed by atoms with van der Waals surface area (Å²) in [5.41, 5.74) is 0. The minimum absolute atomic E-state index is 0.333. The lowest BCUT2D eigenvalue weighted by Crippen LogP contribution is -2.45. The molecule has 0 saturated carbocycles. The molecule has 0 bridgehead atoms. The van der Waals surface area contributed by atoms with Crippen molar-refractivity contribution in [2.24, 2.45) is 5.92 Å². The summed E-state index contributed by atoms with van der Waals surface area (Å²) in [6.45, 7) is 6.97. The van der Waals surface area contributed by atoms with Gasteiger partial charge in [0.25, 0.3) is 0 Å². The van der Waals surface area contributed by atoms with Gasteiger partial charge in [-0.15, -0.1) is 0 Å². The zero-order valence-electron chi connectivity index (χ0n) is 8.88. The predicted octanol–water partition coefficient (Wildman–Crippen LogP) is 1.04. The Hall–Kier alpha value is -0.120. The first-order valence-corrected chi connectivity index (χ1v) is 5.13. The Morgan fingerprint density at radius 2 is 2.38 bits per heavy atom. The third-order valence-corrected chi connectivity index (χ3v) is 2.65. The molecule has 3 atom stereocenters. The number of ether oxygens (including phenoxy) is 2. The van der Waals surface area contributed by atoms with Crippen molar-refractivity contribution in [1.82, 2.24) is 5.32 Å². The lowest BCUT2D eigenvalue weighted by atomic mass is 9.98. The highest BCUT2D eigenvalue weighted by molar-refractivity contribution is 4.84. The van der Waals surface area contributed by atoms with Gasteiger partial charge in [-0.05, 0) is 18.9 Å². The van der Waals surface area contributed by atoms with Crippen LogP contribution in [0.5, 0.6) is 0 Å². The fourth-order valence-corrected chi connectivity index (χ4v) is 1.94. The molecule has 3 unspecified atom stereocenters. The van der Waals surface area contributed by atoms with E-state index in [1.807, 2.05) is 0 Å². The van der Waals surface area contributed by atoms with E-state index in [-0.39, 0.29) is 0 Å². The summed E-state index contributed by atoms with van der Waals surface area (Å²) in [4.78, 5) is 0. The van der Waals surface area contributed by atoms with E-state index in [1.54, 1.807) is 7.11 Å². The fourth-order valence-electron chi connectivity index (χ4n) is 1.94. The number of likely N-dealkylation sites (N-methyl/N-ethyl adjacent to an activating group) is 1. The number of nitrogens with one attached hydrogen (secondary N) is 1. The van der Waals surface area contributed by atoms with Gasteiger partial charge in [0.15, 0.2) is 0 Å². The Bertz CT molecular complexity index is 135. The molecule has 78 valence electrons. The molecule has 0 aromatic carbocycles. The fraction of sp³-hybridized carbons (Fsp3) is 1.00. The summed E-state index contributed by atoms with van der Waals surface area (Å²) in [6.07, 6.45) is 1.51. The van der Waals surface area contributed by atoms with E-state index < -0.39 is 0 Å². The van der Waals surface area contributed by atoms with Crippen molar-refractivity contribution >= 4 is 0 Å². The average molecular weight is 187 g/mol. The minimum Gasteiger partial charge on any atom is -0.383 e. The summed E-state index contributed by atoms with van der Waals surface area (Å²) in [6, 6.07) is 0.354. The number of hydrogen-bond acceptors (Lipinski definition) is 3. The van der Waals surface area contributed by atoms with Crippen LogP contribution in [0.25, 0.3) is 0 Å². The number of hydrogen-bond donors (Lipinski definition) is 1. The van der Waals surface area contributed by atoms with E-state index in [9.17, 15) is 0 Å². The summed E-state index contributed by atoms with van der Waals surface area (Å²) in [5.74, 6) is 0.652. The maximum Gasteiger partial charge on any atom is 0.0776 e. The number of methoxy groups -OCH3 is 1. The van der Waals surface area contributed by atoms with Crippen molar-refractivity contribution < 1.29 is 9.47 Å². The summed E-state index contributed by atoms with van der Waals surface area (Å²) in [5, 5.41) is 3.41. The second-order valence-electron chi connectivity index (χ2n) is 3.72. The summed E-state index contributed by atoms with van der Waals surface area (Å²) in [7, 11) is 1.74. The van der Waals surface area contributed by atoms with Gasteiger partial charge in [-0.3, -0.25) is 0 Å². The second kappa shape index (κ2) is 5.58. The van der Waals surface area contributed by atoms with Crippen LogP contribution in [0.15, 0.2) is 0 Å². The zero-order chi connectivity index (χ0) is 9.68. The van der Waals surface area contributed by atoms with Crippen LogP contribution in [0.3, 0.4) is 0 Å². The Kier molecular flexibility index (Phi) is 4.70. The van der Waals surface area contributed by atoms with Gasteiger partial charge in [0, 0.05) is 13.7 Å². The van der Waals surface area contributed by atoms with Crippen LogP contribution in [0, 0.1) is 5.92 Å². The monoisotopic (exact) mass is 187 g/mol. The Labute approximate surface area is 80.8 Å². The van der Waals surface area contributed by atoms with E-state index >= 15 is 0 Å². The molecule has 0 aromatic rings. The Morgan fingerprint density at radius 3 is 2.85 bits per heavy atom. The van der Waals surface area contributed by atoms with Crippen molar-refractivity contribution in [2.75, 3.05) is 26.9 Å². The Morgan fingerprint density at radius 1 is 1.62 bits per heavy atom. The van der Waals surface area contributed by atoms with Gasteiger partial charge >= 0.3 is 0 Å². The van der Waals surface area contributed by atoms with Crippen molar-refractivity contribution in [3.8, 4) is 0 Å². The van der Waals surface area contributed by atoms with E-state index in [0.29, 0.717) is 18.1 Å². The van der Waals surface area contributed by atoms with Gasteiger partial charge < -0.3 is 14.8 Å². The number of rotatable bonds is 5. The van der Waals surface area contributed by atoms with E-state index in [2.05, 4.69) is 19.2 Å². The maximum atomic E-state index is 5.69. The van der Waals surface area contributed by atoms with Gasteiger partial charge in [0.05, 0.1) is 18.8 Å². The van der Waals surface area contributed by atoms with E-state index in [4.69, 9.17) is 9.47 Å². The normalized spacial score (nSPS) is 30.7. The van der Waals surface area contributed by atoms with Crippen molar-refractivity contribution in [1.29, 1.82) is 0 Å². The SMILES string of the molecule is CCNC(COC)C1OCCC1C. The minimum atomic E-state index is 0.333. The molecule has 1 saturated heterocycles. The van der Waals surface area contributed by atoms with Crippen molar-refractivity contribution in [3.05, 3.63) is 0 Å². The average Bonchev–Trinajstić information content (AvgIpc) is 2.51. The van der Waals surface area contributed by atoms with Gasteiger partial charge in [-0.2, -0.15) is 0 Å². The summed E-state index contributed by atoms with van der Waals surface area (Å²) < 4.78 is 10.9. The molecule has 3 nitrogen and oxygen atoms in total. The maximum absolute atomic E-state index is 5.69. The molecule has 0 amide bonds. The molecule has 1 heterocycles. The molecule has 13 heavy (non-hydrogen) atoms. The van der Waals surface area contributed by atoms with Crippen LogP contribution in [0.1, 0.15) is 20.3 Å². The quantitative estimate of drug-likeness (QED) is 0.697. The molecular weight excluding hydrogens is 166 g/mol. The topological polar surface area (TPSA) is 30.5 Å². The highest BCUT2D eigenvalue weighted by Crippen LogP contribution is 2.22. The van der Waals surface area contributed by atoms with Crippen LogP contribution >= 0.6 is 0 Å². The first-order chi connectivity index (χ1) is 6.29. The molecule has 1 fully saturated rings. The highest BCUT2D eigenvalue weighted by Gasteiger charge is 2.31. The lowest BCUT2D eigenvalue weighted by molar-refractivity contribution is 0.0297. The molecule has 1 aliphatic heterocycles. The van der Waals surface area contributed by atoms with Gasteiger partial charge in [0.1, 0.15) is 0 Å². The van der Waals surface area contributed by atoms with Crippen LogP contribution in [-0.2, 0) is 9.47 Å². The van der Waals surface area contributed by atoms with Crippen LogP contribution in [-0.4, -0.2) is 39.0 Å². The third kappa shape index (κ3) is 2.93. The molecule has 0 aliphatic carbocycles. The smallest absolute Gasteiger partial charge is 0.0776 e. The molecule has 0 radical (unpaired) electrons. The largest absolute Gasteiger partial charge is 0.383 e. The highest BCUT2D eigenvalue weighted by atomic mass is 16.5.